The van der Waals surface area contributed by atoms with Crippen LogP contribution < -0.4 is 20.1 Å². The smallest absolute Gasteiger partial charge is 0.308 e. The van der Waals surface area contributed by atoms with Crippen LogP contribution in [0.25, 0.3) is 0 Å². The lowest BCUT2D eigenvalue weighted by atomic mass is 10.3. The van der Waals surface area contributed by atoms with E-state index in [0.29, 0.717) is 38.0 Å². The van der Waals surface area contributed by atoms with Crippen molar-refractivity contribution in [1.82, 2.24) is 15.3 Å². The number of carbonyl (C=O) groups excluding carboxylic acids is 2. The number of anilines is 1. The second-order valence-electron chi connectivity index (χ2n) is 5.51. The molecule has 0 fully saturated rings. The Hall–Kier alpha value is -3.36. The molecule has 2 rings (SSSR count). The summed E-state index contributed by atoms with van der Waals surface area (Å²) in [6.07, 6.45) is 3.29. The third-order valence-corrected chi connectivity index (χ3v) is 3.37. The van der Waals surface area contributed by atoms with Crippen LogP contribution in [0.15, 0.2) is 42.7 Å². The molecule has 2 N–H and O–H groups in total. The normalized spacial score (nSPS) is 10.0. The Morgan fingerprint density at radius 3 is 2.36 bits per heavy atom. The van der Waals surface area contributed by atoms with Crippen LogP contribution in [0.5, 0.6) is 11.5 Å². The van der Waals surface area contributed by atoms with Crippen LogP contribution in [0, 0.1) is 0 Å². The molecule has 2 aromatic rings. The summed E-state index contributed by atoms with van der Waals surface area (Å²) < 4.78 is 15.8. The van der Waals surface area contributed by atoms with Gasteiger partial charge in [-0.3, -0.25) is 9.59 Å². The minimum absolute atomic E-state index is 0.104. The fraction of sp³-hybridized carbons (Fsp3) is 0.368. The Balaban J connectivity index is 1.51. The Morgan fingerprint density at radius 2 is 1.68 bits per heavy atom. The van der Waals surface area contributed by atoms with Gasteiger partial charge in [0, 0.05) is 18.9 Å². The molecule has 1 aromatic carbocycles. The third kappa shape index (κ3) is 8.35. The monoisotopic (exact) mass is 388 g/mol. The number of nitrogens with one attached hydrogen (secondary N) is 2. The van der Waals surface area contributed by atoms with Gasteiger partial charge in [-0.05, 0) is 37.3 Å². The molecule has 0 unspecified atom stereocenters. The minimum Gasteiger partial charge on any atom is -0.494 e. The van der Waals surface area contributed by atoms with Crippen LogP contribution in [0.4, 0.5) is 5.95 Å². The predicted octanol–water partition coefficient (Wildman–Crippen LogP) is 1.42. The topological polar surface area (TPSA) is 112 Å². The number of benzene rings is 1. The van der Waals surface area contributed by atoms with Crippen molar-refractivity contribution in [3.63, 3.8) is 0 Å². The molecule has 0 aliphatic heterocycles. The van der Waals surface area contributed by atoms with Crippen LogP contribution in [-0.4, -0.2) is 54.8 Å². The molecule has 0 bridgehead atoms. The van der Waals surface area contributed by atoms with Gasteiger partial charge in [-0.15, -0.1) is 0 Å². The number of amides is 1. The first-order valence-corrected chi connectivity index (χ1v) is 8.96. The SMILES string of the molecule is CCOc1ccc(OCCNC(=O)COC(=O)CCNc2ncccn2)cc1. The average molecular weight is 388 g/mol. The van der Waals surface area contributed by atoms with Crippen molar-refractivity contribution in [2.24, 2.45) is 0 Å². The number of carbonyl (C=O) groups is 2. The Morgan fingerprint density at radius 1 is 1.00 bits per heavy atom. The lowest BCUT2D eigenvalue weighted by Crippen LogP contribution is -2.32. The predicted molar refractivity (Wildman–Crippen MR) is 102 cm³/mol. The van der Waals surface area contributed by atoms with Crippen LogP contribution in [0.2, 0.25) is 0 Å². The maximum absolute atomic E-state index is 11.7. The molecule has 0 saturated heterocycles. The van der Waals surface area contributed by atoms with Gasteiger partial charge in [0.25, 0.3) is 5.91 Å². The van der Waals surface area contributed by atoms with E-state index < -0.39 is 5.97 Å². The second-order valence-corrected chi connectivity index (χ2v) is 5.51. The second kappa shape index (κ2) is 12.1. The fourth-order valence-electron chi connectivity index (χ4n) is 2.09. The first-order chi connectivity index (χ1) is 13.7. The summed E-state index contributed by atoms with van der Waals surface area (Å²) >= 11 is 0. The number of aromatic nitrogens is 2. The van der Waals surface area contributed by atoms with Gasteiger partial charge in [-0.2, -0.15) is 0 Å². The van der Waals surface area contributed by atoms with Crippen molar-refractivity contribution in [2.75, 3.05) is 38.2 Å². The number of hydrogen-bond acceptors (Lipinski definition) is 8. The number of ether oxygens (including phenoxy) is 3. The van der Waals surface area contributed by atoms with Gasteiger partial charge in [0.2, 0.25) is 5.95 Å². The first-order valence-electron chi connectivity index (χ1n) is 8.96. The Labute approximate surface area is 163 Å². The highest BCUT2D eigenvalue weighted by Crippen LogP contribution is 2.17. The fourth-order valence-corrected chi connectivity index (χ4v) is 2.09. The lowest BCUT2D eigenvalue weighted by Gasteiger charge is -2.09. The van der Waals surface area contributed by atoms with E-state index in [9.17, 15) is 9.59 Å². The molecule has 1 heterocycles. The molecule has 0 radical (unpaired) electrons. The van der Waals surface area contributed by atoms with Crippen LogP contribution in [0.3, 0.4) is 0 Å². The zero-order valence-corrected chi connectivity index (χ0v) is 15.7. The first kappa shape index (κ1) is 20.9. The van der Waals surface area contributed by atoms with Gasteiger partial charge >= 0.3 is 5.97 Å². The van der Waals surface area contributed by atoms with Crippen molar-refractivity contribution in [3.05, 3.63) is 42.7 Å². The number of nitrogens with zero attached hydrogens (tertiary/aromatic N) is 2. The number of rotatable bonds is 12. The highest BCUT2D eigenvalue weighted by Gasteiger charge is 2.07. The summed E-state index contributed by atoms with van der Waals surface area (Å²) in [6.45, 7) is 3.12. The van der Waals surface area contributed by atoms with Crippen molar-refractivity contribution in [1.29, 1.82) is 0 Å². The molecular weight excluding hydrogens is 364 g/mol. The molecule has 0 saturated carbocycles. The zero-order chi connectivity index (χ0) is 20.0. The number of esters is 1. The maximum Gasteiger partial charge on any atom is 0.308 e. The molecule has 150 valence electrons. The van der Waals surface area contributed by atoms with Crippen molar-refractivity contribution in [2.45, 2.75) is 13.3 Å². The standard InChI is InChI=1S/C19H24N4O5/c1-2-26-15-4-6-16(7-5-15)27-13-12-20-17(24)14-28-18(25)8-11-23-19-21-9-3-10-22-19/h3-7,9-10H,2,8,11-14H2,1H3,(H,20,24)(H,21,22,23). The minimum atomic E-state index is -0.482. The van der Waals surface area contributed by atoms with Crippen LogP contribution in [-0.2, 0) is 14.3 Å². The summed E-state index contributed by atoms with van der Waals surface area (Å²) in [6, 6.07) is 8.92. The molecule has 0 aliphatic carbocycles. The van der Waals surface area contributed by atoms with E-state index in [2.05, 4.69) is 20.6 Å². The van der Waals surface area contributed by atoms with Gasteiger partial charge in [0.05, 0.1) is 19.6 Å². The molecular formula is C19H24N4O5. The van der Waals surface area contributed by atoms with Gasteiger partial charge in [0.15, 0.2) is 6.61 Å². The van der Waals surface area contributed by atoms with E-state index >= 15 is 0 Å². The summed E-state index contributed by atoms with van der Waals surface area (Å²) in [5.41, 5.74) is 0. The molecule has 1 amide bonds. The summed E-state index contributed by atoms with van der Waals surface area (Å²) in [7, 11) is 0. The van der Waals surface area contributed by atoms with Gasteiger partial charge in [-0.25, -0.2) is 9.97 Å². The molecule has 9 nitrogen and oxygen atoms in total. The lowest BCUT2D eigenvalue weighted by molar-refractivity contribution is -0.148. The maximum atomic E-state index is 11.7. The van der Waals surface area contributed by atoms with Gasteiger partial charge in [0.1, 0.15) is 18.1 Å². The Kier molecular flexibility index (Phi) is 9.05. The average Bonchev–Trinajstić information content (AvgIpc) is 2.72. The summed E-state index contributed by atoms with van der Waals surface area (Å²) in [5.74, 6) is 1.02. The van der Waals surface area contributed by atoms with E-state index in [-0.39, 0.29) is 18.9 Å². The molecule has 0 spiro atoms. The van der Waals surface area contributed by atoms with E-state index in [0.717, 1.165) is 5.75 Å². The van der Waals surface area contributed by atoms with E-state index in [1.807, 2.05) is 19.1 Å². The highest BCUT2D eigenvalue weighted by atomic mass is 16.5. The van der Waals surface area contributed by atoms with E-state index in [1.54, 1.807) is 30.6 Å². The quantitative estimate of drug-likeness (QED) is 0.415. The van der Waals surface area contributed by atoms with E-state index in [1.165, 1.54) is 0 Å². The number of hydrogen-bond donors (Lipinski definition) is 2. The third-order valence-electron chi connectivity index (χ3n) is 3.37. The molecule has 28 heavy (non-hydrogen) atoms. The van der Waals surface area contributed by atoms with Crippen molar-refractivity contribution >= 4 is 17.8 Å². The molecule has 0 aliphatic rings. The van der Waals surface area contributed by atoms with Crippen molar-refractivity contribution < 1.29 is 23.8 Å². The van der Waals surface area contributed by atoms with E-state index in [4.69, 9.17) is 14.2 Å². The highest BCUT2D eigenvalue weighted by molar-refractivity contribution is 5.80. The molecule has 0 atom stereocenters. The molecule has 9 heteroatoms. The van der Waals surface area contributed by atoms with Crippen LogP contribution >= 0.6 is 0 Å². The van der Waals surface area contributed by atoms with Crippen LogP contribution in [0.1, 0.15) is 13.3 Å². The van der Waals surface area contributed by atoms with Gasteiger partial charge < -0.3 is 24.8 Å². The Bertz CT molecular complexity index is 725. The van der Waals surface area contributed by atoms with Crippen molar-refractivity contribution in [3.8, 4) is 11.5 Å². The summed E-state index contributed by atoms with van der Waals surface area (Å²) in [5, 5.41) is 5.50. The largest absolute Gasteiger partial charge is 0.494 e. The molecule has 1 aromatic heterocycles. The summed E-state index contributed by atoms with van der Waals surface area (Å²) in [4.78, 5) is 31.2. The van der Waals surface area contributed by atoms with Gasteiger partial charge in [-0.1, -0.05) is 0 Å². The zero-order valence-electron chi connectivity index (χ0n) is 15.7.